The van der Waals surface area contributed by atoms with Gasteiger partial charge in [-0.1, -0.05) is 0 Å². The Kier molecular flexibility index (Phi) is 6.43. The van der Waals surface area contributed by atoms with E-state index < -0.39 is 11.8 Å². The Bertz CT molecular complexity index is 551. The van der Waals surface area contributed by atoms with E-state index in [9.17, 15) is 9.59 Å². The van der Waals surface area contributed by atoms with Gasteiger partial charge in [0.25, 0.3) is 0 Å². The van der Waals surface area contributed by atoms with Gasteiger partial charge in [0, 0.05) is 32.8 Å². The van der Waals surface area contributed by atoms with Gasteiger partial charge < -0.3 is 24.5 Å². The number of ether oxygens (including phenoxy) is 2. The van der Waals surface area contributed by atoms with Gasteiger partial charge in [-0.05, 0) is 25.0 Å². The highest BCUT2D eigenvalue weighted by atomic mass is 16.5. The van der Waals surface area contributed by atoms with E-state index in [1.807, 2.05) is 12.1 Å². The molecule has 2 aliphatic rings. The number of carbonyl (C=O) groups is 2. The molecule has 1 aromatic heterocycles. The van der Waals surface area contributed by atoms with Gasteiger partial charge in [0.15, 0.2) is 0 Å². The average molecular weight is 351 g/mol. The van der Waals surface area contributed by atoms with Crippen molar-refractivity contribution in [3.8, 4) is 0 Å². The van der Waals surface area contributed by atoms with Crippen LogP contribution in [-0.4, -0.2) is 68.8 Å². The third-order valence-electron chi connectivity index (χ3n) is 4.53. The number of furan rings is 1. The molecule has 8 heteroatoms. The summed E-state index contributed by atoms with van der Waals surface area (Å²) in [6.07, 6.45) is 3.54. The molecule has 138 valence electrons. The second-order valence-corrected chi connectivity index (χ2v) is 6.23. The monoisotopic (exact) mass is 351 g/mol. The molecular formula is C17H25N3O5. The van der Waals surface area contributed by atoms with Gasteiger partial charge in [-0.3, -0.25) is 14.5 Å². The number of nitrogens with zero attached hydrogens (tertiary/aromatic N) is 1. The van der Waals surface area contributed by atoms with Crippen LogP contribution in [0.5, 0.6) is 0 Å². The maximum atomic E-state index is 12.1. The zero-order chi connectivity index (χ0) is 17.5. The summed E-state index contributed by atoms with van der Waals surface area (Å²) in [7, 11) is 0. The number of carbonyl (C=O) groups excluding carboxylic acids is 2. The number of nitrogens with one attached hydrogen (secondary N) is 2. The molecule has 2 fully saturated rings. The minimum atomic E-state index is -0.636. The van der Waals surface area contributed by atoms with Crippen LogP contribution in [0.4, 0.5) is 0 Å². The predicted molar refractivity (Wildman–Crippen MR) is 88.8 cm³/mol. The summed E-state index contributed by atoms with van der Waals surface area (Å²) >= 11 is 0. The van der Waals surface area contributed by atoms with Crippen LogP contribution in [0, 0.1) is 0 Å². The molecule has 3 rings (SSSR count). The van der Waals surface area contributed by atoms with Gasteiger partial charge in [0.05, 0.1) is 31.6 Å². The summed E-state index contributed by atoms with van der Waals surface area (Å²) in [5.41, 5.74) is 0. The van der Waals surface area contributed by atoms with Crippen LogP contribution in [0.15, 0.2) is 22.8 Å². The van der Waals surface area contributed by atoms with Crippen molar-refractivity contribution in [3.05, 3.63) is 24.2 Å². The molecule has 2 saturated heterocycles. The Labute approximate surface area is 146 Å². The van der Waals surface area contributed by atoms with Crippen LogP contribution < -0.4 is 10.6 Å². The lowest BCUT2D eigenvalue weighted by Gasteiger charge is -2.33. The summed E-state index contributed by atoms with van der Waals surface area (Å²) in [5.74, 6) is -0.500. The van der Waals surface area contributed by atoms with Crippen LogP contribution in [0.25, 0.3) is 0 Å². The van der Waals surface area contributed by atoms with E-state index in [-0.39, 0.29) is 12.1 Å². The second kappa shape index (κ2) is 8.98. The fourth-order valence-electron chi connectivity index (χ4n) is 3.14. The summed E-state index contributed by atoms with van der Waals surface area (Å²) in [6, 6.07) is 3.58. The topological polar surface area (TPSA) is 93.0 Å². The molecule has 0 aliphatic carbocycles. The minimum Gasteiger partial charge on any atom is -0.468 e. The molecular weight excluding hydrogens is 326 g/mol. The second-order valence-electron chi connectivity index (χ2n) is 6.23. The number of hydrogen-bond donors (Lipinski definition) is 2. The van der Waals surface area contributed by atoms with Gasteiger partial charge in [0.2, 0.25) is 0 Å². The standard InChI is InChI=1S/C17H25N3O5/c21-16(18-11-13-3-1-7-24-13)17(22)19-12-14(15-4-2-8-25-15)20-5-9-23-10-6-20/h2,4,8,13-14H,1,3,5-7,9-12H2,(H,18,21)(H,19,22)/t13-,14-/m0/s1. The van der Waals surface area contributed by atoms with Gasteiger partial charge in [-0.2, -0.15) is 0 Å². The minimum absolute atomic E-state index is 0.0148. The average Bonchev–Trinajstić information content (AvgIpc) is 3.34. The van der Waals surface area contributed by atoms with Crippen molar-refractivity contribution in [2.75, 3.05) is 46.0 Å². The van der Waals surface area contributed by atoms with Gasteiger partial charge in [-0.15, -0.1) is 0 Å². The van der Waals surface area contributed by atoms with E-state index in [1.165, 1.54) is 0 Å². The van der Waals surface area contributed by atoms with E-state index in [0.717, 1.165) is 38.3 Å². The third kappa shape index (κ3) is 5.04. The molecule has 0 unspecified atom stereocenters. The van der Waals surface area contributed by atoms with E-state index in [0.29, 0.717) is 26.3 Å². The molecule has 3 heterocycles. The van der Waals surface area contributed by atoms with Gasteiger partial charge in [0.1, 0.15) is 5.76 Å². The summed E-state index contributed by atoms with van der Waals surface area (Å²) in [5, 5.41) is 5.34. The van der Waals surface area contributed by atoms with E-state index >= 15 is 0 Å². The molecule has 2 aliphatic heterocycles. The lowest BCUT2D eigenvalue weighted by Crippen LogP contribution is -2.47. The highest BCUT2D eigenvalue weighted by molar-refractivity contribution is 6.35. The zero-order valence-electron chi connectivity index (χ0n) is 14.2. The summed E-state index contributed by atoms with van der Waals surface area (Å²) in [6.45, 7) is 4.20. The molecule has 2 N–H and O–H groups in total. The molecule has 0 radical (unpaired) electrons. The first kappa shape index (κ1) is 17.9. The molecule has 1 aromatic rings. The molecule has 8 nitrogen and oxygen atoms in total. The maximum Gasteiger partial charge on any atom is 0.309 e. The molecule has 25 heavy (non-hydrogen) atoms. The van der Waals surface area contributed by atoms with E-state index in [1.54, 1.807) is 6.26 Å². The largest absolute Gasteiger partial charge is 0.468 e. The first-order chi connectivity index (χ1) is 12.2. The lowest BCUT2D eigenvalue weighted by atomic mass is 10.1. The quantitative estimate of drug-likeness (QED) is 0.705. The number of amides is 2. The highest BCUT2D eigenvalue weighted by Gasteiger charge is 2.26. The van der Waals surface area contributed by atoms with Crippen LogP contribution in [0.3, 0.4) is 0 Å². The Balaban J connectivity index is 1.49. The first-order valence-electron chi connectivity index (χ1n) is 8.77. The third-order valence-corrected chi connectivity index (χ3v) is 4.53. The van der Waals surface area contributed by atoms with Crippen molar-refractivity contribution in [3.63, 3.8) is 0 Å². The van der Waals surface area contributed by atoms with E-state index in [4.69, 9.17) is 13.9 Å². The van der Waals surface area contributed by atoms with Crippen molar-refractivity contribution in [1.29, 1.82) is 0 Å². The molecule has 0 aromatic carbocycles. The van der Waals surface area contributed by atoms with Gasteiger partial charge in [-0.25, -0.2) is 0 Å². The number of morpholine rings is 1. The van der Waals surface area contributed by atoms with Crippen molar-refractivity contribution in [2.45, 2.75) is 25.0 Å². The molecule has 0 bridgehead atoms. The van der Waals surface area contributed by atoms with Crippen LogP contribution in [0.1, 0.15) is 24.6 Å². The van der Waals surface area contributed by atoms with Gasteiger partial charge >= 0.3 is 11.8 Å². The molecule has 0 spiro atoms. The number of hydrogen-bond acceptors (Lipinski definition) is 6. The Morgan fingerprint density at radius 2 is 2.00 bits per heavy atom. The zero-order valence-corrected chi connectivity index (χ0v) is 14.2. The lowest BCUT2D eigenvalue weighted by molar-refractivity contribution is -0.139. The normalized spacial score (nSPS) is 22.5. The Morgan fingerprint density at radius 3 is 2.68 bits per heavy atom. The molecule has 2 atom stereocenters. The maximum absolute atomic E-state index is 12.1. The predicted octanol–water partition coefficient (Wildman–Crippen LogP) is 0.0643. The smallest absolute Gasteiger partial charge is 0.309 e. The SMILES string of the molecule is O=C(NC[C@@H]1CCCO1)C(=O)NC[C@@H](c1ccco1)N1CCOCC1. The van der Waals surface area contributed by atoms with Crippen LogP contribution >= 0.6 is 0 Å². The molecule has 0 saturated carbocycles. The van der Waals surface area contributed by atoms with Crippen molar-refractivity contribution >= 4 is 11.8 Å². The fourth-order valence-corrected chi connectivity index (χ4v) is 3.14. The summed E-state index contributed by atoms with van der Waals surface area (Å²) in [4.78, 5) is 26.2. The van der Waals surface area contributed by atoms with Crippen molar-refractivity contribution < 1.29 is 23.5 Å². The van der Waals surface area contributed by atoms with Crippen molar-refractivity contribution in [1.82, 2.24) is 15.5 Å². The van der Waals surface area contributed by atoms with Crippen molar-refractivity contribution in [2.24, 2.45) is 0 Å². The van der Waals surface area contributed by atoms with E-state index in [2.05, 4.69) is 15.5 Å². The van der Waals surface area contributed by atoms with Crippen LogP contribution in [0.2, 0.25) is 0 Å². The fraction of sp³-hybridized carbons (Fsp3) is 0.647. The Hall–Kier alpha value is -1.90. The number of rotatable bonds is 6. The molecule has 2 amide bonds. The van der Waals surface area contributed by atoms with Crippen LogP contribution in [-0.2, 0) is 19.1 Å². The summed E-state index contributed by atoms with van der Waals surface area (Å²) < 4.78 is 16.3. The Morgan fingerprint density at radius 1 is 1.20 bits per heavy atom. The highest BCUT2D eigenvalue weighted by Crippen LogP contribution is 2.21. The first-order valence-corrected chi connectivity index (χ1v) is 8.77.